The molecule has 0 saturated carbocycles. The molecule has 4 rings (SSSR count). The van der Waals surface area contributed by atoms with Gasteiger partial charge in [-0.25, -0.2) is 0 Å². The smallest absolute Gasteiger partial charge is 0.0936 e. The van der Waals surface area contributed by atoms with Crippen LogP contribution in [0, 0.1) is 6.92 Å². The highest BCUT2D eigenvalue weighted by Gasteiger charge is 2.10. The van der Waals surface area contributed by atoms with Crippen molar-refractivity contribution in [1.29, 1.82) is 0 Å². The summed E-state index contributed by atoms with van der Waals surface area (Å²) in [6.45, 7) is 16.5. The highest BCUT2D eigenvalue weighted by molar-refractivity contribution is 6.01. The molecule has 0 unspecified atom stereocenters. The van der Waals surface area contributed by atoms with Crippen LogP contribution < -0.4 is 4.90 Å². The molecule has 0 radical (unpaired) electrons. The first-order chi connectivity index (χ1) is 21.9. The number of aryl methyl sites for hydroxylation is 1. The predicted octanol–water partition coefficient (Wildman–Crippen LogP) is 13.1. The Labute approximate surface area is 267 Å². The van der Waals surface area contributed by atoms with Crippen LogP contribution in [0.2, 0.25) is 0 Å². The summed E-state index contributed by atoms with van der Waals surface area (Å²) in [5, 5.41) is 29.0. The fourth-order valence-electron chi connectivity index (χ4n) is 4.81. The number of anilines is 1. The second kappa shape index (κ2) is 16.7. The van der Waals surface area contributed by atoms with Crippen molar-refractivity contribution in [3.8, 4) is 0 Å². The molecule has 0 aliphatic heterocycles. The van der Waals surface area contributed by atoms with Gasteiger partial charge in [0.1, 0.15) is 0 Å². The van der Waals surface area contributed by atoms with E-state index in [0.717, 1.165) is 83.0 Å². The standard InChI is InChI=1S/C38H43N7/c1-7-11-14-28(5)17-18-30(8-2)39-40-31-19-21-32(22-20-31)41-43-36-24-23-33(27-29(36)6)42-44-37-25-26-38(45(9-3)10-4)35-16-13-12-15-34(35)37/h8,12-13,15-27H,5,7,9-11,14H2,1-4,6H3/b18-17-,30-8+,40-39?,43-41?,44-42?. The van der Waals surface area contributed by atoms with E-state index in [9.17, 15) is 0 Å². The van der Waals surface area contributed by atoms with Gasteiger partial charge in [0.15, 0.2) is 0 Å². The molecule has 0 bridgehead atoms. The fourth-order valence-corrected chi connectivity index (χ4v) is 4.81. The lowest BCUT2D eigenvalue weighted by atomic mass is 10.1. The van der Waals surface area contributed by atoms with Crippen molar-refractivity contribution < 1.29 is 0 Å². The van der Waals surface area contributed by atoms with Crippen LogP contribution in [0.1, 0.15) is 52.5 Å². The molecule has 230 valence electrons. The molecule has 0 aliphatic carbocycles. The molecule has 4 aromatic carbocycles. The predicted molar refractivity (Wildman–Crippen MR) is 190 cm³/mol. The summed E-state index contributed by atoms with van der Waals surface area (Å²) >= 11 is 0. The van der Waals surface area contributed by atoms with Gasteiger partial charge in [0, 0.05) is 29.5 Å². The number of azo groups is 3. The summed E-state index contributed by atoms with van der Waals surface area (Å²) in [6.07, 6.45) is 9.18. The lowest BCUT2D eigenvalue weighted by Gasteiger charge is -2.23. The number of hydrogen-bond donors (Lipinski definition) is 0. The molecule has 0 aliphatic rings. The summed E-state index contributed by atoms with van der Waals surface area (Å²) in [5.74, 6) is 0. The van der Waals surface area contributed by atoms with Gasteiger partial charge >= 0.3 is 0 Å². The topological polar surface area (TPSA) is 77.4 Å². The lowest BCUT2D eigenvalue weighted by molar-refractivity contribution is 0.799. The molecule has 7 heteroatoms. The zero-order valence-electron chi connectivity index (χ0n) is 27.1. The summed E-state index contributed by atoms with van der Waals surface area (Å²) in [6, 6.07) is 25.9. The van der Waals surface area contributed by atoms with Gasteiger partial charge in [-0.2, -0.15) is 25.6 Å². The molecule has 0 fully saturated rings. The number of rotatable bonds is 14. The van der Waals surface area contributed by atoms with Gasteiger partial charge in [-0.05, 0) is 107 Å². The van der Waals surface area contributed by atoms with E-state index in [2.05, 4.69) is 87.2 Å². The highest BCUT2D eigenvalue weighted by atomic mass is 15.1. The second-order valence-electron chi connectivity index (χ2n) is 10.7. The van der Waals surface area contributed by atoms with Crippen molar-refractivity contribution in [3.05, 3.63) is 121 Å². The van der Waals surface area contributed by atoms with Crippen molar-refractivity contribution in [1.82, 2.24) is 0 Å². The second-order valence-corrected chi connectivity index (χ2v) is 10.7. The molecular formula is C38H43N7. The van der Waals surface area contributed by atoms with Gasteiger partial charge < -0.3 is 4.90 Å². The van der Waals surface area contributed by atoms with Crippen molar-refractivity contribution >= 4 is 44.9 Å². The van der Waals surface area contributed by atoms with E-state index >= 15 is 0 Å². The summed E-state index contributed by atoms with van der Waals surface area (Å²) in [7, 11) is 0. The van der Waals surface area contributed by atoms with Crippen molar-refractivity contribution in [2.75, 3.05) is 18.0 Å². The normalized spacial score (nSPS) is 12.4. The van der Waals surface area contributed by atoms with Crippen molar-refractivity contribution in [2.45, 2.75) is 53.9 Å². The van der Waals surface area contributed by atoms with E-state index in [0.29, 0.717) is 0 Å². The molecule has 0 spiro atoms. The molecule has 0 amide bonds. The third-order valence-corrected chi connectivity index (χ3v) is 7.48. The van der Waals surface area contributed by atoms with E-state index in [-0.39, 0.29) is 0 Å². The Kier molecular flexibility index (Phi) is 12.2. The number of unbranched alkanes of at least 4 members (excludes halogenated alkanes) is 1. The van der Waals surface area contributed by atoms with Crippen LogP contribution in [0.3, 0.4) is 0 Å². The first kappa shape index (κ1) is 32.9. The Morgan fingerprint density at radius 2 is 1.33 bits per heavy atom. The first-order valence-electron chi connectivity index (χ1n) is 15.7. The largest absolute Gasteiger partial charge is 0.372 e. The summed E-state index contributed by atoms with van der Waals surface area (Å²) in [4.78, 5) is 2.35. The van der Waals surface area contributed by atoms with Crippen molar-refractivity contribution in [3.63, 3.8) is 0 Å². The molecular weight excluding hydrogens is 554 g/mol. The highest BCUT2D eigenvalue weighted by Crippen LogP contribution is 2.35. The maximum absolute atomic E-state index is 4.61. The minimum atomic E-state index is 0.732. The maximum Gasteiger partial charge on any atom is 0.0936 e. The Hall–Kier alpha value is -5.04. The van der Waals surface area contributed by atoms with Crippen molar-refractivity contribution in [2.24, 2.45) is 30.7 Å². The Morgan fingerprint density at radius 1 is 0.711 bits per heavy atom. The third-order valence-electron chi connectivity index (χ3n) is 7.48. The Bertz CT molecular complexity index is 1740. The SMILES string of the molecule is C=C(/C=C\C(=C/C)N=Nc1ccc(N=Nc2ccc(N=Nc3ccc(N(CC)CC)c4ccccc34)cc2C)cc1)CCCC. The zero-order chi connectivity index (χ0) is 32.0. The monoisotopic (exact) mass is 597 g/mol. The fraction of sp³-hybridized carbons (Fsp3) is 0.263. The van der Waals surface area contributed by atoms with Crippen LogP contribution in [0.5, 0.6) is 0 Å². The maximum atomic E-state index is 4.61. The average Bonchev–Trinajstić information content (AvgIpc) is 3.07. The van der Waals surface area contributed by atoms with E-state index in [4.69, 9.17) is 0 Å². The van der Waals surface area contributed by atoms with Crippen LogP contribution in [-0.2, 0) is 0 Å². The molecule has 45 heavy (non-hydrogen) atoms. The number of nitrogens with zero attached hydrogens (tertiary/aromatic N) is 7. The third kappa shape index (κ3) is 9.22. The lowest BCUT2D eigenvalue weighted by Crippen LogP contribution is -2.21. The van der Waals surface area contributed by atoms with Crippen LogP contribution in [-0.4, -0.2) is 13.1 Å². The van der Waals surface area contributed by atoms with E-state index < -0.39 is 0 Å². The number of fused-ring (bicyclic) bond motifs is 1. The van der Waals surface area contributed by atoms with Gasteiger partial charge in [0.25, 0.3) is 0 Å². The summed E-state index contributed by atoms with van der Waals surface area (Å²) in [5.41, 5.74) is 7.93. The zero-order valence-corrected chi connectivity index (χ0v) is 27.1. The van der Waals surface area contributed by atoms with Gasteiger partial charge in [-0.15, -0.1) is 5.11 Å². The molecule has 4 aromatic rings. The van der Waals surface area contributed by atoms with Crippen LogP contribution >= 0.6 is 0 Å². The number of hydrogen-bond acceptors (Lipinski definition) is 7. The van der Waals surface area contributed by atoms with Gasteiger partial charge in [-0.1, -0.05) is 61.9 Å². The Morgan fingerprint density at radius 3 is 2.00 bits per heavy atom. The number of benzene rings is 4. The van der Waals surface area contributed by atoms with Gasteiger partial charge in [-0.3, -0.25) is 0 Å². The Balaban J connectivity index is 1.41. The van der Waals surface area contributed by atoms with Crippen LogP contribution in [0.15, 0.2) is 146 Å². The average molecular weight is 598 g/mol. The molecule has 7 nitrogen and oxygen atoms in total. The molecule has 0 heterocycles. The molecule has 0 aromatic heterocycles. The van der Waals surface area contributed by atoms with Crippen LogP contribution in [0.25, 0.3) is 10.8 Å². The van der Waals surface area contributed by atoms with Gasteiger partial charge in [0.2, 0.25) is 0 Å². The summed E-state index contributed by atoms with van der Waals surface area (Å²) < 4.78 is 0. The first-order valence-corrected chi connectivity index (χ1v) is 15.7. The quantitative estimate of drug-likeness (QED) is 0.105. The van der Waals surface area contributed by atoms with E-state index in [1.54, 1.807) is 0 Å². The molecule has 0 N–H and O–H groups in total. The van der Waals surface area contributed by atoms with E-state index in [1.807, 2.05) is 86.7 Å². The van der Waals surface area contributed by atoms with Gasteiger partial charge in [0.05, 0.1) is 34.1 Å². The van der Waals surface area contributed by atoms with Crippen LogP contribution in [0.4, 0.5) is 34.1 Å². The minimum Gasteiger partial charge on any atom is -0.372 e. The van der Waals surface area contributed by atoms with E-state index in [1.165, 1.54) is 11.1 Å². The molecule has 0 saturated heterocycles. The molecule has 0 atom stereocenters. The number of allylic oxidation sites excluding steroid dienone is 4. The minimum absolute atomic E-state index is 0.732.